The Morgan fingerprint density at radius 3 is 1.80 bits per heavy atom. The van der Waals surface area contributed by atoms with Crippen LogP contribution in [0.4, 0.5) is 0 Å². The third-order valence-electron chi connectivity index (χ3n) is 0.0711. The molecule has 0 amide bonds. The Balaban J connectivity index is 0. The van der Waals surface area contributed by atoms with Gasteiger partial charge in [-0.15, -0.1) is 0 Å². The Hall–Kier alpha value is 0.399. The van der Waals surface area contributed by atoms with Gasteiger partial charge in [0.1, 0.15) is 0 Å². The quantitative estimate of drug-likeness (QED) is 0.401. The van der Waals surface area contributed by atoms with Gasteiger partial charge in [0.15, 0.2) is 0 Å². The van der Waals surface area contributed by atoms with E-state index in [4.69, 9.17) is 10.5 Å². The molecule has 6 N–H and O–H groups in total. The fourth-order valence-corrected chi connectivity index (χ4v) is 0. The average molecular weight is 128 g/mol. The summed E-state index contributed by atoms with van der Waals surface area (Å²) in [7, 11) is 0. The number of nitrogens with two attached hydrogens (primary N) is 2. The molecule has 0 bridgehead atoms. The molecular formula is CH8CuN2O. The van der Waals surface area contributed by atoms with Gasteiger partial charge in [0.2, 0.25) is 0 Å². The molecule has 0 aliphatic heterocycles. The topological polar surface area (TPSA) is 83.5 Å². The van der Waals surface area contributed by atoms with Gasteiger partial charge in [-0.25, -0.2) is 0 Å². The zero-order valence-corrected chi connectivity index (χ0v) is 3.60. The molecule has 0 fully saturated rings. The van der Waals surface area contributed by atoms with Crippen molar-refractivity contribution in [1.29, 1.82) is 0 Å². The van der Waals surface area contributed by atoms with Crippen molar-refractivity contribution >= 4 is 0 Å². The van der Waals surface area contributed by atoms with Gasteiger partial charge in [0.25, 0.3) is 0 Å². The Kier molecular flexibility index (Phi) is 16.0. The van der Waals surface area contributed by atoms with Crippen molar-refractivity contribution in [1.82, 2.24) is 0 Å². The van der Waals surface area contributed by atoms with Crippen LogP contribution in [0.25, 0.3) is 0 Å². The van der Waals surface area contributed by atoms with Gasteiger partial charge in [0, 0.05) is 0 Å². The average Bonchev–Trinajstić information content (AvgIpc) is 1.37. The second-order valence-electron chi connectivity index (χ2n) is 0.246. The van der Waals surface area contributed by atoms with E-state index in [1.165, 1.54) is 15.2 Å². The van der Waals surface area contributed by atoms with Crippen molar-refractivity contribution in [3.05, 3.63) is 0 Å². The molecule has 0 aromatic rings. The van der Waals surface area contributed by atoms with E-state index in [1.807, 2.05) is 0 Å². The summed E-state index contributed by atoms with van der Waals surface area (Å²) in [6, 6.07) is 0. The number of rotatable bonds is 1. The molecule has 0 atom stereocenters. The third kappa shape index (κ3) is 12.9. The molecule has 39 valence electrons. The van der Waals surface area contributed by atoms with E-state index >= 15 is 0 Å². The summed E-state index contributed by atoms with van der Waals surface area (Å²) in [4.78, 5) is 0. The Morgan fingerprint density at radius 2 is 1.80 bits per heavy atom. The van der Waals surface area contributed by atoms with E-state index < -0.39 is 0 Å². The van der Waals surface area contributed by atoms with E-state index in [0.29, 0.717) is 5.44 Å². The SMILES string of the molecule is N[CH2][Cu][NH2].O. The Labute approximate surface area is 37.4 Å². The normalized spacial score (nSPS) is 6.80. The van der Waals surface area contributed by atoms with Crippen molar-refractivity contribution in [3.8, 4) is 0 Å². The molecule has 0 saturated carbocycles. The second-order valence-corrected chi connectivity index (χ2v) is 1.02. The second kappa shape index (κ2) is 8.83. The minimum absolute atomic E-state index is 0. The molecule has 3 nitrogen and oxygen atoms in total. The van der Waals surface area contributed by atoms with Crippen LogP contribution in [0, 0.1) is 0 Å². The standard InChI is InChI=1S/CH4N.Cu.H2N.H2O/c1-2;;;/h1-2H2;;2*1H2/q;+1;-1;. The zero-order valence-electron chi connectivity index (χ0n) is 2.66. The van der Waals surface area contributed by atoms with Crippen LogP contribution in [0.15, 0.2) is 0 Å². The van der Waals surface area contributed by atoms with E-state index in [0.717, 1.165) is 0 Å². The maximum atomic E-state index is 4.86. The van der Waals surface area contributed by atoms with Gasteiger partial charge in [-0.1, -0.05) is 0 Å². The van der Waals surface area contributed by atoms with Gasteiger partial charge in [-0.2, -0.15) is 0 Å². The molecule has 0 spiro atoms. The Bertz CT molecular complexity index is 11.6. The monoisotopic (exact) mass is 127 g/mol. The van der Waals surface area contributed by atoms with E-state index in [-0.39, 0.29) is 5.48 Å². The molecule has 0 unspecified atom stereocenters. The molecule has 0 heterocycles. The predicted octanol–water partition coefficient (Wildman–Crippen LogP) is -1.97. The van der Waals surface area contributed by atoms with Crippen molar-refractivity contribution in [3.63, 3.8) is 0 Å². The summed E-state index contributed by atoms with van der Waals surface area (Å²) in [5, 5.41) is 0. The maximum Gasteiger partial charge on any atom is -0.412 e. The van der Waals surface area contributed by atoms with Gasteiger partial charge in [-0.3, -0.25) is 0 Å². The van der Waals surface area contributed by atoms with Crippen molar-refractivity contribution in [2.75, 3.05) is 5.44 Å². The Morgan fingerprint density at radius 1 is 1.60 bits per heavy atom. The van der Waals surface area contributed by atoms with Crippen LogP contribution in [0.2, 0.25) is 0 Å². The first-order valence-corrected chi connectivity index (χ1v) is 2.01. The molecule has 0 aromatic heterocycles. The van der Waals surface area contributed by atoms with Gasteiger partial charge in [-0.05, 0) is 0 Å². The van der Waals surface area contributed by atoms with Crippen LogP contribution < -0.4 is 10.5 Å². The van der Waals surface area contributed by atoms with Crippen molar-refractivity contribution in [2.45, 2.75) is 0 Å². The molecule has 0 aliphatic carbocycles. The van der Waals surface area contributed by atoms with E-state index in [1.54, 1.807) is 0 Å². The fraction of sp³-hybridized carbons (Fsp3) is 1.00. The van der Waals surface area contributed by atoms with Crippen LogP contribution in [0.1, 0.15) is 0 Å². The molecule has 4 heteroatoms. The van der Waals surface area contributed by atoms with Crippen LogP contribution in [-0.4, -0.2) is 10.9 Å². The van der Waals surface area contributed by atoms with Crippen LogP contribution in [-0.2, 0) is 15.2 Å². The van der Waals surface area contributed by atoms with Gasteiger partial charge < -0.3 is 5.48 Å². The van der Waals surface area contributed by atoms with Crippen molar-refractivity contribution in [2.24, 2.45) is 10.5 Å². The zero-order chi connectivity index (χ0) is 3.41. The van der Waals surface area contributed by atoms with E-state index in [2.05, 4.69) is 0 Å². The summed E-state index contributed by atoms with van der Waals surface area (Å²) in [6.45, 7) is 0. The first-order valence-electron chi connectivity index (χ1n) is 0.796. The number of hydrogen-bond donors (Lipinski definition) is 2. The minimum Gasteiger partial charge on any atom is -0.412 e. The smallest absolute Gasteiger partial charge is 0.412 e. The first kappa shape index (κ1) is 9.04. The summed E-state index contributed by atoms with van der Waals surface area (Å²) in [5.41, 5.74) is 5.36. The van der Waals surface area contributed by atoms with E-state index in [9.17, 15) is 0 Å². The third-order valence-corrected chi connectivity index (χ3v) is 0.293. The first-order chi connectivity index (χ1) is 1.91. The van der Waals surface area contributed by atoms with Crippen LogP contribution in [0.3, 0.4) is 0 Å². The molecule has 0 aromatic carbocycles. The van der Waals surface area contributed by atoms with Gasteiger partial charge >= 0.3 is 31.1 Å². The van der Waals surface area contributed by atoms with Crippen LogP contribution in [0.5, 0.6) is 0 Å². The van der Waals surface area contributed by atoms with Gasteiger partial charge in [0.05, 0.1) is 0 Å². The molecule has 0 rings (SSSR count). The summed E-state index contributed by atoms with van der Waals surface area (Å²) < 4.78 is 4.81. The summed E-state index contributed by atoms with van der Waals surface area (Å²) in [6.07, 6.45) is 0. The molecule has 0 radical (unpaired) electrons. The molecular weight excluding hydrogens is 120 g/mol. The predicted molar refractivity (Wildman–Crippen MR) is 16.9 cm³/mol. The van der Waals surface area contributed by atoms with Crippen LogP contribution >= 0.6 is 0 Å². The molecule has 0 saturated heterocycles. The molecule has 5 heavy (non-hydrogen) atoms. The summed E-state index contributed by atoms with van der Waals surface area (Å²) >= 11 is 1.20. The largest absolute Gasteiger partial charge is 0.412 e. The maximum absolute atomic E-state index is 4.86. The number of hydrogen-bond acceptors (Lipinski definition) is 2. The minimum atomic E-state index is 0. The van der Waals surface area contributed by atoms with Crippen molar-refractivity contribution < 1.29 is 20.7 Å². The fourth-order valence-electron chi connectivity index (χ4n) is 0. The summed E-state index contributed by atoms with van der Waals surface area (Å²) in [5.74, 6) is 0. The molecule has 0 aliphatic rings.